The van der Waals surface area contributed by atoms with E-state index in [2.05, 4.69) is 24.1 Å². The van der Waals surface area contributed by atoms with Crippen LogP contribution in [0.3, 0.4) is 0 Å². The van der Waals surface area contributed by atoms with Crippen LogP contribution in [0.2, 0.25) is 0 Å². The number of carboxylic acid groups (broad SMARTS) is 1. The molecule has 0 spiro atoms. The molecule has 1 aliphatic heterocycles. The Morgan fingerprint density at radius 1 is 1.20 bits per heavy atom. The summed E-state index contributed by atoms with van der Waals surface area (Å²) in [6.07, 6.45) is 4.35. The van der Waals surface area contributed by atoms with Crippen LogP contribution in [0.5, 0.6) is 0 Å². The van der Waals surface area contributed by atoms with Crippen LogP contribution >= 0.6 is 0 Å². The highest BCUT2D eigenvalue weighted by atomic mass is 16.4. The van der Waals surface area contributed by atoms with Crippen molar-refractivity contribution in [1.82, 2.24) is 10.2 Å². The third-order valence-electron chi connectivity index (χ3n) is 4.76. The van der Waals surface area contributed by atoms with E-state index in [1.165, 1.54) is 0 Å². The predicted molar refractivity (Wildman–Crippen MR) is 76.4 cm³/mol. The minimum absolute atomic E-state index is 0.0243. The summed E-state index contributed by atoms with van der Waals surface area (Å²) in [5.74, 6) is -0.503. The predicted octanol–water partition coefficient (Wildman–Crippen LogP) is 1.62. The number of aliphatic carboxylic acids is 1. The number of hydrogen-bond donors (Lipinski definition) is 2. The Labute approximate surface area is 120 Å². The van der Waals surface area contributed by atoms with Gasteiger partial charge in [0.15, 0.2) is 0 Å². The molecule has 5 heteroatoms. The molecule has 2 aliphatic rings. The maximum Gasteiger partial charge on any atom is 0.305 e. The van der Waals surface area contributed by atoms with E-state index in [1.807, 2.05) is 6.92 Å². The first-order chi connectivity index (χ1) is 9.40. The largest absolute Gasteiger partial charge is 0.481 e. The van der Waals surface area contributed by atoms with Gasteiger partial charge in [-0.3, -0.25) is 14.5 Å². The maximum atomic E-state index is 12.4. The van der Waals surface area contributed by atoms with E-state index < -0.39 is 5.97 Å². The monoisotopic (exact) mass is 282 g/mol. The number of carboxylic acids is 1. The van der Waals surface area contributed by atoms with Crippen LogP contribution in [-0.2, 0) is 9.59 Å². The molecule has 1 aliphatic carbocycles. The third-order valence-corrected chi connectivity index (χ3v) is 4.76. The van der Waals surface area contributed by atoms with Crippen LogP contribution < -0.4 is 5.32 Å². The minimum Gasteiger partial charge on any atom is -0.481 e. The van der Waals surface area contributed by atoms with Gasteiger partial charge in [-0.1, -0.05) is 0 Å². The van der Waals surface area contributed by atoms with Crippen LogP contribution in [0.15, 0.2) is 0 Å². The summed E-state index contributed by atoms with van der Waals surface area (Å²) >= 11 is 0. The van der Waals surface area contributed by atoms with Crippen molar-refractivity contribution >= 4 is 11.9 Å². The second-order valence-corrected chi connectivity index (χ2v) is 6.45. The Hall–Kier alpha value is -1.10. The number of hydrogen-bond acceptors (Lipinski definition) is 3. The third kappa shape index (κ3) is 3.51. The number of nitrogens with one attached hydrogen (secondary N) is 1. The van der Waals surface area contributed by atoms with E-state index >= 15 is 0 Å². The van der Waals surface area contributed by atoms with Gasteiger partial charge in [0, 0.05) is 18.1 Å². The highest BCUT2D eigenvalue weighted by Gasteiger charge is 2.38. The van der Waals surface area contributed by atoms with Gasteiger partial charge in [-0.25, -0.2) is 0 Å². The molecule has 4 atom stereocenters. The number of rotatable bonds is 6. The Balaban J connectivity index is 1.93. The molecule has 20 heavy (non-hydrogen) atoms. The van der Waals surface area contributed by atoms with Gasteiger partial charge in [-0.15, -0.1) is 0 Å². The fourth-order valence-corrected chi connectivity index (χ4v) is 3.44. The molecule has 1 amide bonds. The van der Waals surface area contributed by atoms with Crippen molar-refractivity contribution in [2.24, 2.45) is 5.92 Å². The van der Waals surface area contributed by atoms with E-state index in [1.54, 1.807) is 0 Å². The molecule has 0 radical (unpaired) electrons. The van der Waals surface area contributed by atoms with Crippen molar-refractivity contribution in [1.29, 1.82) is 0 Å². The van der Waals surface area contributed by atoms with Gasteiger partial charge >= 0.3 is 5.97 Å². The summed E-state index contributed by atoms with van der Waals surface area (Å²) in [4.78, 5) is 25.5. The van der Waals surface area contributed by atoms with Crippen LogP contribution in [0.25, 0.3) is 0 Å². The fraction of sp³-hybridized carbons (Fsp3) is 0.867. The van der Waals surface area contributed by atoms with Gasteiger partial charge < -0.3 is 10.4 Å². The molecule has 0 aromatic rings. The normalized spacial score (nSPS) is 29.9. The van der Waals surface area contributed by atoms with Gasteiger partial charge in [0.2, 0.25) is 5.91 Å². The van der Waals surface area contributed by atoms with Gasteiger partial charge in [0.05, 0.1) is 12.5 Å². The molecule has 0 aromatic carbocycles. The SMILES string of the molecule is CC1CCC(C)N1C(C)C(=O)NC(CC(=O)O)C1CC1. The lowest BCUT2D eigenvalue weighted by atomic mass is 10.1. The molecule has 4 unspecified atom stereocenters. The maximum absolute atomic E-state index is 12.4. The van der Waals surface area contributed by atoms with Gasteiger partial charge in [0.25, 0.3) is 0 Å². The molecule has 0 aromatic heterocycles. The number of carbonyl (C=O) groups excluding carboxylic acids is 1. The summed E-state index contributed by atoms with van der Waals surface area (Å²) in [6.45, 7) is 6.24. The lowest BCUT2D eigenvalue weighted by molar-refractivity contribution is -0.138. The molecule has 2 fully saturated rings. The number of amides is 1. The number of likely N-dealkylation sites (tertiary alicyclic amines) is 1. The number of carbonyl (C=O) groups is 2. The first kappa shape index (κ1) is 15.3. The van der Waals surface area contributed by atoms with Crippen molar-refractivity contribution in [3.8, 4) is 0 Å². The number of nitrogens with zero attached hydrogens (tertiary/aromatic N) is 1. The van der Waals surface area contributed by atoms with Crippen molar-refractivity contribution < 1.29 is 14.7 Å². The first-order valence-corrected chi connectivity index (χ1v) is 7.69. The van der Waals surface area contributed by atoms with Crippen LogP contribution in [0.4, 0.5) is 0 Å². The Morgan fingerprint density at radius 3 is 2.20 bits per heavy atom. The van der Waals surface area contributed by atoms with Gasteiger partial charge in [-0.2, -0.15) is 0 Å². The zero-order chi connectivity index (χ0) is 14.9. The van der Waals surface area contributed by atoms with E-state index in [0.29, 0.717) is 18.0 Å². The molecular weight excluding hydrogens is 256 g/mol. The molecule has 1 heterocycles. The molecule has 2 N–H and O–H groups in total. The summed E-state index contributed by atoms with van der Waals surface area (Å²) in [5, 5.41) is 11.9. The van der Waals surface area contributed by atoms with Gasteiger partial charge in [0.1, 0.15) is 0 Å². The van der Waals surface area contributed by atoms with Crippen molar-refractivity contribution in [2.75, 3.05) is 0 Å². The van der Waals surface area contributed by atoms with Gasteiger partial charge in [-0.05, 0) is 52.4 Å². The quantitative estimate of drug-likeness (QED) is 0.776. The second kappa shape index (κ2) is 6.12. The topological polar surface area (TPSA) is 69.6 Å². The molecule has 1 saturated heterocycles. The fourth-order valence-electron chi connectivity index (χ4n) is 3.44. The molecular formula is C15H26N2O3. The standard InChI is InChI=1S/C15H26N2O3/c1-9-4-5-10(2)17(9)11(3)15(20)16-13(8-14(18)19)12-6-7-12/h9-13H,4-8H2,1-3H3,(H,16,20)(H,18,19). The van der Waals surface area contributed by atoms with E-state index in [4.69, 9.17) is 5.11 Å². The van der Waals surface area contributed by atoms with E-state index in [9.17, 15) is 9.59 Å². The lowest BCUT2D eigenvalue weighted by Crippen LogP contribution is -2.52. The zero-order valence-corrected chi connectivity index (χ0v) is 12.6. The lowest BCUT2D eigenvalue weighted by Gasteiger charge is -2.32. The Kier molecular flexibility index (Phi) is 4.68. The van der Waals surface area contributed by atoms with Crippen molar-refractivity contribution in [2.45, 2.75) is 77.0 Å². The molecule has 5 nitrogen and oxygen atoms in total. The second-order valence-electron chi connectivity index (χ2n) is 6.45. The molecule has 114 valence electrons. The summed E-state index contributed by atoms with van der Waals surface area (Å²) in [5.41, 5.74) is 0. The Morgan fingerprint density at radius 2 is 1.75 bits per heavy atom. The summed E-state index contributed by atoms with van der Waals surface area (Å²) < 4.78 is 0. The van der Waals surface area contributed by atoms with Crippen LogP contribution in [0.1, 0.15) is 52.9 Å². The van der Waals surface area contributed by atoms with Crippen LogP contribution in [-0.4, -0.2) is 46.1 Å². The summed E-state index contributed by atoms with van der Waals surface area (Å²) in [6, 6.07) is 0.461. The average Bonchev–Trinajstić information content (AvgIpc) is 3.14. The molecule has 2 rings (SSSR count). The van der Waals surface area contributed by atoms with Crippen molar-refractivity contribution in [3.63, 3.8) is 0 Å². The minimum atomic E-state index is -0.835. The summed E-state index contributed by atoms with van der Waals surface area (Å²) in [7, 11) is 0. The first-order valence-electron chi connectivity index (χ1n) is 7.69. The molecule has 0 bridgehead atoms. The Bertz CT molecular complexity index is 371. The van der Waals surface area contributed by atoms with Crippen molar-refractivity contribution in [3.05, 3.63) is 0 Å². The zero-order valence-electron chi connectivity index (χ0n) is 12.6. The highest BCUT2D eigenvalue weighted by Crippen LogP contribution is 2.34. The highest BCUT2D eigenvalue weighted by molar-refractivity contribution is 5.82. The molecule has 1 saturated carbocycles. The van der Waals surface area contributed by atoms with Crippen LogP contribution in [0, 0.1) is 5.92 Å². The average molecular weight is 282 g/mol. The van der Waals surface area contributed by atoms with E-state index in [0.717, 1.165) is 25.7 Å². The smallest absolute Gasteiger partial charge is 0.305 e. The van der Waals surface area contributed by atoms with E-state index in [-0.39, 0.29) is 24.4 Å².